The zero-order valence-corrected chi connectivity index (χ0v) is 10.6. The Kier molecular flexibility index (Phi) is 2.20. The Hall–Kier alpha value is -1.48. The van der Waals surface area contributed by atoms with Crippen LogP contribution in [0.15, 0.2) is 17.1 Å². The molecule has 4 atom stereocenters. The summed E-state index contributed by atoms with van der Waals surface area (Å²) in [6.45, 7) is -0.349. The van der Waals surface area contributed by atoms with Gasteiger partial charge in [-0.2, -0.15) is 4.98 Å². The lowest BCUT2D eigenvalue weighted by Gasteiger charge is -2.36. The van der Waals surface area contributed by atoms with Crippen LogP contribution in [0.25, 0.3) is 0 Å². The molecule has 2 saturated heterocycles. The Bertz CT molecular complexity index is 628. The number of fused-ring (bicyclic) bond motifs is 3. The number of ether oxygens (including phenoxy) is 2. The van der Waals surface area contributed by atoms with Crippen LogP contribution < -0.4 is 11.4 Å². The van der Waals surface area contributed by atoms with Crippen LogP contribution in [0.5, 0.6) is 0 Å². The molecule has 4 N–H and O–H groups in total. The number of anilines is 1. The summed E-state index contributed by atoms with van der Waals surface area (Å²) in [7, 11) is 0. The highest BCUT2D eigenvalue weighted by molar-refractivity contribution is 5.27. The van der Waals surface area contributed by atoms with Gasteiger partial charge in [-0.05, 0) is 18.9 Å². The number of hydrogen-bond acceptors (Lipinski definition) is 7. The van der Waals surface area contributed by atoms with Crippen LogP contribution in [-0.4, -0.2) is 49.8 Å². The first-order valence-electron chi connectivity index (χ1n) is 6.52. The molecule has 2 bridgehead atoms. The van der Waals surface area contributed by atoms with Gasteiger partial charge in [0.05, 0.1) is 6.61 Å². The molecule has 1 saturated carbocycles. The van der Waals surface area contributed by atoms with E-state index in [0.717, 1.165) is 12.8 Å². The van der Waals surface area contributed by atoms with Gasteiger partial charge in [0.1, 0.15) is 23.6 Å². The van der Waals surface area contributed by atoms with Gasteiger partial charge in [0, 0.05) is 6.20 Å². The molecule has 8 nitrogen and oxygen atoms in total. The second-order valence-corrected chi connectivity index (χ2v) is 5.62. The highest BCUT2D eigenvalue weighted by atomic mass is 16.7. The number of nitrogens with two attached hydrogens (primary N) is 1. The molecule has 4 rings (SSSR count). The Morgan fingerprint density at radius 1 is 1.50 bits per heavy atom. The Morgan fingerprint density at radius 2 is 2.25 bits per heavy atom. The van der Waals surface area contributed by atoms with E-state index in [2.05, 4.69) is 4.98 Å². The number of aliphatic hydroxyl groups is 2. The first kappa shape index (κ1) is 12.3. The smallest absolute Gasteiger partial charge is 0.351 e. The molecule has 0 aromatic carbocycles. The number of nitrogen functional groups attached to an aromatic ring is 1. The average molecular weight is 281 g/mol. The number of nitrogens with zero attached hydrogens (tertiary/aromatic N) is 2. The van der Waals surface area contributed by atoms with E-state index in [4.69, 9.17) is 15.2 Å². The molecule has 1 spiro atoms. The summed E-state index contributed by atoms with van der Waals surface area (Å²) in [5.74, 6) is 0.117. The third-order valence-electron chi connectivity index (χ3n) is 4.60. The van der Waals surface area contributed by atoms with Crippen LogP contribution >= 0.6 is 0 Å². The predicted molar refractivity (Wildman–Crippen MR) is 65.7 cm³/mol. The summed E-state index contributed by atoms with van der Waals surface area (Å²) in [6, 6.07) is 1.47. The highest BCUT2D eigenvalue weighted by Gasteiger charge is 2.78. The van der Waals surface area contributed by atoms with E-state index in [1.165, 1.54) is 16.8 Å². The van der Waals surface area contributed by atoms with E-state index in [1.54, 1.807) is 0 Å². The van der Waals surface area contributed by atoms with Gasteiger partial charge in [-0.3, -0.25) is 4.57 Å². The quantitative estimate of drug-likeness (QED) is 0.595. The van der Waals surface area contributed by atoms with Crippen molar-refractivity contribution < 1.29 is 19.7 Å². The predicted octanol–water partition coefficient (Wildman–Crippen LogP) is -1.62. The van der Waals surface area contributed by atoms with Gasteiger partial charge in [0.25, 0.3) is 0 Å². The molecule has 3 fully saturated rings. The number of rotatable bonds is 2. The third-order valence-corrected chi connectivity index (χ3v) is 4.60. The Labute approximate surface area is 113 Å². The lowest BCUT2D eigenvalue weighted by Crippen LogP contribution is -2.52. The van der Waals surface area contributed by atoms with E-state index in [1.807, 2.05) is 0 Å². The van der Waals surface area contributed by atoms with Crippen molar-refractivity contribution in [1.82, 2.24) is 9.55 Å². The third kappa shape index (κ3) is 1.25. The van der Waals surface area contributed by atoms with Crippen molar-refractivity contribution in [2.24, 2.45) is 0 Å². The van der Waals surface area contributed by atoms with Crippen molar-refractivity contribution in [2.45, 2.75) is 42.5 Å². The molecule has 0 radical (unpaired) electrons. The molecule has 0 amide bonds. The van der Waals surface area contributed by atoms with Crippen molar-refractivity contribution in [3.05, 3.63) is 22.7 Å². The summed E-state index contributed by atoms with van der Waals surface area (Å²) in [4.78, 5) is 15.5. The summed E-state index contributed by atoms with van der Waals surface area (Å²) in [5.41, 5.74) is 3.12. The van der Waals surface area contributed by atoms with Gasteiger partial charge in [0.2, 0.25) is 0 Å². The number of hydrogen-bond donors (Lipinski definition) is 3. The van der Waals surface area contributed by atoms with Crippen LogP contribution in [-0.2, 0) is 9.47 Å². The first-order chi connectivity index (χ1) is 9.53. The average Bonchev–Trinajstić information content (AvgIpc) is 3.09. The van der Waals surface area contributed by atoms with Gasteiger partial charge in [-0.25, -0.2) is 4.79 Å². The minimum absolute atomic E-state index is 0.117. The number of aliphatic hydroxyl groups excluding tert-OH is 2. The minimum Gasteiger partial charge on any atom is -0.393 e. The molecule has 2 aliphatic heterocycles. The second-order valence-electron chi connectivity index (χ2n) is 5.62. The van der Waals surface area contributed by atoms with Crippen LogP contribution in [0.4, 0.5) is 5.82 Å². The van der Waals surface area contributed by atoms with E-state index >= 15 is 0 Å². The molecule has 3 heterocycles. The summed E-state index contributed by atoms with van der Waals surface area (Å²) < 4.78 is 12.9. The van der Waals surface area contributed by atoms with Crippen LogP contribution in [0.1, 0.15) is 19.1 Å². The minimum atomic E-state index is -1.15. The topological polar surface area (TPSA) is 120 Å². The summed E-state index contributed by atoms with van der Waals surface area (Å²) in [5, 5.41) is 20.0. The molecule has 8 heteroatoms. The molecule has 1 aromatic heterocycles. The Balaban J connectivity index is 1.75. The highest BCUT2D eigenvalue weighted by Crippen LogP contribution is 2.63. The van der Waals surface area contributed by atoms with Gasteiger partial charge in [-0.15, -0.1) is 0 Å². The van der Waals surface area contributed by atoms with E-state index in [9.17, 15) is 15.0 Å². The largest absolute Gasteiger partial charge is 0.393 e. The monoisotopic (exact) mass is 281 g/mol. The zero-order chi connectivity index (χ0) is 14.1. The van der Waals surface area contributed by atoms with Gasteiger partial charge in [-0.1, -0.05) is 0 Å². The first-order valence-corrected chi connectivity index (χ1v) is 6.52. The van der Waals surface area contributed by atoms with E-state index in [-0.39, 0.29) is 12.4 Å². The maximum Gasteiger partial charge on any atom is 0.351 e. The van der Waals surface area contributed by atoms with Crippen molar-refractivity contribution in [2.75, 3.05) is 12.3 Å². The molecule has 0 unspecified atom stereocenters. The van der Waals surface area contributed by atoms with Crippen LogP contribution in [0, 0.1) is 0 Å². The molecule has 20 heavy (non-hydrogen) atoms. The fourth-order valence-electron chi connectivity index (χ4n) is 3.40. The van der Waals surface area contributed by atoms with Crippen molar-refractivity contribution in [1.29, 1.82) is 0 Å². The number of aromatic nitrogens is 2. The van der Waals surface area contributed by atoms with Crippen LogP contribution in [0.2, 0.25) is 0 Å². The maximum atomic E-state index is 11.9. The van der Waals surface area contributed by atoms with Gasteiger partial charge >= 0.3 is 5.69 Å². The zero-order valence-electron chi connectivity index (χ0n) is 10.6. The standard InChI is InChI=1S/C12H15N3O5/c13-6-1-4-15(10(18)14-6)9-7-8(17)12(5-16,20-9)11(19-7)2-3-11/h1,4,7-9,16-17H,2-3,5H2,(H2,13,14,18)/t7-,8+,9-,12-/m1/s1. The SMILES string of the molecule is Nc1ccn([C@@H]2O[C@]3(CO)[C@@H](O)[C@H]2OC32CC2)c(=O)n1. The molecular weight excluding hydrogens is 266 g/mol. The normalized spacial score (nSPS) is 40.4. The van der Waals surface area contributed by atoms with Crippen molar-refractivity contribution in [3.8, 4) is 0 Å². The second kappa shape index (κ2) is 3.59. The van der Waals surface area contributed by atoms with Gasteiger partial charge in [0.15, 0.2) is 11.8 Å². The Morgan fingerprint density at radius 3 is 2.85 bits per heavy atom. The molecule has 3 aliphatic rings. The van der Waals surface area contributed by atoms with E-state index in [0.29, 0.717) is 0 Å². The molecule has 1 aromatic rings. The summed E-state index contributed by atoms with van der Waals surface area (Å²) >= 11 is 0. The molecule has 108 valence electrons. The van der Waals surface area contributed by atoms with Crippen molar-refractivity contribution >= 4 is 5.82 Å². The lowest BCUT2D eigenvalue weighted by molar-refractivity contribution is -0.235. The molecular formula is C12H15N3O5. The fraction of sp³-hybridized carbons (Fsp3) is 0.667. The van der Waals surface area contributed by atoms with Gasteiger partial charge < -0.3 is 25.4 Å². The fourth-order valence-corrected chi connectivity index (χ4v) is 3.40. The molecule has 1 aliphatic carbocycles. The maximum absolute atomic E-state index is 11.9. The summed E-state index contributed by atoms with van der Waals surface area (Å²) in [6.07, 6.45) is 0.476. The van der Waals surface area contributed by atoms with Crippen LogP contribution in [0.3, 0.4) is 0 Å². The van der Waals surface area contributed by atoms with Crippen molar-refractivity contribution in [3.63, 3.8) is 0 Å². The lowest BCUT2D eigenvalue weighted by atomic mass is 9.91. The van der Waals surface area contributed by atoms with E-state index < -0.39 is 35.3 Å².